The van der Waals surface area contributed by atoms with Crippen molar-refractivity contribution in [3.8, 4) is 22.5 Å². The summed E-state index contributed by atoms with van der Waals surface area (Å²) in [6.07, 6.45) is 0. The normalized spacial score (nSPS) is 12.1. The second-order valence-corrected chi connectivity index (χ2v) is 16.9. The van der Waals surface area contributed by atoms with Crippen LogP contribution in [0, 0.1) is 0 Å². The van der Waals surface area contributed by atoms with Crippen molar-refractivity contribution in [2.45, 2.75) is 0 Å². The monoisotopic (exact) mass is 814 g/mol. The number of rotatable bonds is 6. The summed E-state index contributed by atoms with van der Waals surface area (Å²) in [6.45, 7) is 0. The van der Waals surface area contributed by atoms with Gasteiger partial charge in [0.25, 0.3) is 0 Å². The van der Waals surface area contributed by atoms with E-state index >= 15 is 0 Å². The molecule has 64 heavy (non-hydrogen) atoms. The van der Waals surface area contributed by atoms with E-state index < -0.39 is 0 Å². The quantitative estimate of drug-likeness (QED) is 0.163. The van der Waals surface area contributed by atoms with Gasteiger partial charge in [-0.3, -0.25) is 0 Å². The minimum absolute atomic E-state index is 1.08. The molecule has 0 radical (unpaired) electrons. The molecule has 0 bridgehead atoms. The topological polar surface area (TPSA) is 17.5 Å². The maximum atomic E-state index is 2.46. The van der Waals surface area contributed by atoms with Gasteiger partial charge in [-0.2, -0.15) is 0 Å². The Labute approximate surface area is 368 Å². The Morgan fingerprint density at radius 3 is 1.05 bits per heavy atom. The molecule has 4 aromatic heterocycles. The van der Waals surface area contributed by atoms with Gasteiger partial charge in [-0.25, -0.2) is 0 Å². The molecule has 0 aliphatic rings. The van der Waals surface area contributed by atoms with E-state index in [1.54, 1.807) is 0 Å². The van der Waals surface area contributed by atoms with Crippen molar-refractivity contribution in [3.63, 3.8) is 0 Å². The van der Waals surface area contributed by atoms with Crippen molar-refractivity contribution in [2.75, 3.05) is 4.90 Å². The maximum absolute atomic E-state index is 2.46. The summed E-state index contributed by atoms with van der Waals surface area (Å²) in [6, 6.07) is 84.4. The highest BCUT2D eigenvalue weighted by Crippen LogP contribution is 2.42. The summed E-state index contributed by atoms with van der Waals surface area (Å²) in [7, 11) is 0. The van der Waals surface area contributed by atoms with Crippen molar-refractivity contribution in [1.29, 1.82) is 0 Å². The number of fused-ring (bicyclic) bond motifs is 12. The van der Waals surface area contributed by atoms with Crippen molar-refractivity contribution >= 4 is 98.8 Å². The number of para-hydroxylation sites is 6. The van der Waals surface area contributed by atoms with Gasteiger partial charge in [-0.05, 0) is 108 Å². The maximum Gasteiger partial charge on any atom is 0.0620 e. The molecule has 4 nitrogen and oxygen atoms in total. The van der Waals surface area contributed by atoms with E-state index in [1.807, 2.05) is 0 Å². The van der Waals surface area contributed by atoms with E-state index in [1.165, 1.54) is 92.8 Å². The van der Waals surface area contributed by atoms with Gasteiger partial charge >= 0.3 is 0 Å². The molecule has 4 heterocycles. The van der Waals surface area contributed by atoms with Gasteiger partial charge in [-0.15, -0.1) is 0 Å². The minimum atomic E-state index is 1.08. The molecule has 0 saturated heterocycles. The van der Waals surface area contributed by atoms with Crippen LogP contribution in [0.5, 0.6) is 0 Å². The van der Waals surface area contributed by atoms with E-state index in [2.05, 4.69) is 249 Å². The molecule has 14 aromatic rings. The average molecular weight is 815 g/mol. The van der Waals surface area contributed by atoms with Crippen molar-refractivity contribution < 1.29 is 0 Å². The van der Waals surface area contributed by atoms with Crippen LogP contribution in [0.2, 0.25) is 0 Å². The Balaban J connectivity index is 0.894. The van der Waals surface area contributed by atoms with Crippen LogP contribution in [-0.2, 0) is 0 Å². The fourth-order valence-electron chi connectivity index (χ4n) is 10.8. The molecule has 0 N–H and O–H groups in total. The van der Waals surface area contributed by atoms with E-state index in [0.29, 0.717) is 0 Å². The van der Waals surface area contributed by atoms with E-state index in [4.69, 9.17) is 0 Å². The summed E-state index contributed by atoms with van der Waals surface area (Å²) in [5.41, 5.74) is 16.5. The molecule has 0 aliphatic carbocycles. The Hall–Kier alpha value is -8.60. The van der Waals surface area contributed by atoms with Gasteiger partial charge < -0.3 is 18.4 Å². The summed E-state index contributed by atoms with van der Waals surface area (Å²) in [5, 5.41) is 10.2. The highest BCUT2D eigenvalue weighted by molar-refractivity contribution is 6.23. The van der Waals surface area contributed by atoms with Crippen molar-refractivity contribution in [2.24, 2.45) is 0 Å². The third-order valence-corrected chi connectivity index (χ3v) is 13.6. The first kappa shape index (κ1) is 35.0. The molecule has 10 aromatic carbocycles. The molecule has 0 fully saturated rings. The third kappa shape index (κ3) is 4.99. The molecule has 0 aliphatic heterocycles. The van der Waals surface area contributed by atoms with Gasteiger partial charge in [0.2, 0.25) is 0 Å². The number of hydrogen-bond donors (Lipinski definition) is 0. The van der Waals surface area contributed by atoms with Crippen LogP contribution >= 0.6 is 0 Å². The first-order chi connectivity index (χ1) is 31.8. The molecule has 298 valence electrons. The van der Waals surface area contributed by atoms with Crippen molar-refractivity contribution in [3.05, 3.63) is 231 Å². The van der Waals surface area contributed by atoms with Gasteiger partial charge in [0.05, 0.1) is 38.6 Å². The van der Waals surface area contributed by atoms with Crippen LogP contribution in [-0.4, -0.2) is 13.5 Å². The molecule has 4 heteroatoms. The summed E-state index contributed by atoms with van der Waals surface area (Å²) in [4.78, 5) is 2.37. The molecule has 0 saturated carbocycles. The second kappa shape index (κ2) is 13.4. The van der Waals surface area contributed by atoms with Crippen LogP contribution in [0.3, 0.4) is 0 Å². The van der Waals surface area contributed by atoms with E-state index in [0.717, 1.165) is 28.4 Å². The first-order valence-corrected chi connectivity index (χ1v) is 22.0. The lowest BCUT2D eigenvalue weighted by Gasteiger charge is -2.26. The Bertz CT molecular complexity index is 3850. The van der Waals surface area contributed by atoms with Crippen LogP contribution in [0.25, 0.3) is 104 Å². The van der Waals surface area contributed by atoms with Gasteiger partial charge in [0.15, 0.2) is 0 Å². The second-order valence-electron chi connectivity index (χ2n) is 16.9. The van der Waals surface area contributed by atoms with Crippen LogP contribution in [0.4, 0.5) is 17.1 Å². The number of benzene rings is 10. The Morgan fingerprint density at radius 2 is 0.594 bits per heavy atom. The predicted molar refractivity (Wildman–Crippen MR) is 270 cm³/mol. The highest BCUT2D eigenvalue weighted by Gasteiger charge is 2.20. The van der Waals surface area contributed by atoms with Gasteiger partial charge in [-0.1, -0.05) is 133 Å². The third-order valence-electron chi connectivity index (χ3n) is 13.6. The predicted octanol–water partition coefficient (Wildman–Crippen LogP) is 16.2. The van der Waals surface area contributed by atoms with Crippen molar-refractivity contribution in [1.82, 2.24) is 13.5 Å². The molecular weight excluding hydrogens is 777 g/mol. The molecule has 14 rings (SSSR count). The molecule has 0 unspecified atom stereocenters. The first-order valence-electron chi connectivity index (χ1n) is 22.0. The Morgan fingerprint density at radius 1 is 0.250 bits per heavy atom. The zero-order chi connectivity index (χ0) is 41.9. The lowest BCUT2D eigenvalue weighted by Crippen LogP contribution is -2.10. The lowest BCUT2D eigenvalue weighted by atomic mass is 10.0. The van der Waals surface area contributed by atoms with Crippen LogP contribution in [0.1, 0.15) is 0 Å². The van der Waals surface area contributed by atoms with Gasteiger partial charge in [0.1, 0.15) is 0 Å². The lowest BCUT2D eigenvalue weighted by molar-refractivity contribution is 1.17. The number of nitrogens with zero attached hydrogens (tertiary/aromatic N) is 4. The zero-order valence-electron chi connectivity index (χ0n) is 34.7. The largest absolute Gasteiger partial charge is 0.311 e. The number of anilines is 3. The number of hydrogen-bond acceptors (Lipinski definition) is 1. The SMILES string of the molecule is c1ccc2c(c1)c1ccccc1n2-c1ccc(N(c2ccc(-c3ccc4c5cccc6c7ccccc7n(c4c3)c65)cc2)c2ccc(-n3c4ccccc4c4ccccc43)cc2)cc1. The van der Waals surface area contributed by atoms with Gasteiger partial charge in [0, 0.05) is 71.5 Å². The summed E-state index contributed by atoms with van der Waals surface area (Å²) in [5.74, 6) is 0. The average Bonchev–Trinajstić information content (AvgIpc) is 4.09. The zero-order valence-corrected chi connectivity index (χ0v) is 34.7. The fraction of sp³-hybridized carbons (Fsp3) is 0. The Kier molecular flexibility index (Phi) is 7.36. The van der Waals surface area contributed by atoms with E-state index in [9.17, 15) is 0 Å². The smallest absolute Gasteiger partial charge is 0.0620 e. The molecular formula is C60H38N4. The number of aromatic nitrogens is 3. The van der Waals surface area contributed by atoms with Crippen LogP contribution < -0.4 is 4.90 Å². The molecule has 0 spiro atoms. The van der Waals surface area contributed by atoms with E-state index in [-0.39, 0.29) is 0 Å². The van der Waals surface area contributed by atoms with Crippen LogP contribution in [0.15, 0.2) is 231 Å². The molecule has 0 amide bonds. The highest BCUT2D eigenvalue weighted by atomic mass is 15.1. The minimum Gasteiger partial charge on any atom is -0.311 e. The summed E-state index contributed by atoms with van der Waals surface area (Å²) >= 11 is 0. The molecule has 0 atom stereocenters. The standard InChI is InChI=1S/C60H38N4/c1-6-19-54-46(12-1)47-13-2-7-20-55(47)62(54)44-33-29-42(30-34-44)61(43-31-35-45(36-32-43)63-56-21-8-3-14-48(56)49-15-4-9-22-57(49)63)41-27-24-39(25-28-41)40-26-37-51-53-18-11-17-52-50-16-5-10-23-58(50)64(60(52)53)59(51)38-40/h1-38H. The fourth-order valence-corrected chi connectivity index (χ4v) is 10.8. The summed E-state index contributed by atoms with van der Waals surface area (Å²) < 4.78 is 7.22.